The van der Waals surface area contributed by atoms with Gasteiger partial charge in [-0.25, -0.2) is 8.78 Å². The van der Waals surface area contributed by atoms with E-state index in [-0.39, 0.29) is 5.69 Å². The van der Waals surface area contributed by atoms with Gasteiger partial charge in [-0.2, -0.15) is 0 Å². The lowest BCUT2D eigenvalue weighted by atomic mass is 10.3. The Labute approximate surface area is 80.7 Å². The van der Waals surface area contributed by atoms with Crippen molar-refractivity contribution in [3.8, 4) is 0 Å². The minimum atomic E-state index is -0.591. The molecule has 0 radical (unpaired) electrons. The summed E-state index contributed by atoms with van der Waals surface area (Å²) >= 11 is 0. The summed E-state index contributed by atoms with van der Waals surface area (Å²) in [5, 5.41) is 3.12. The van der Waals surface area contributed by atoms with Gasteiger partial charge < -0.3 is 10.2 Å². The lowest BCUT2D eigenvalue weighted by Gasteiger charge is -2.29. The van der Waals surface area contributed by atoms with Crippen LogP contribution < -0.4 is 10.2 Å². The molecule has 1 N–H and O–H groups in total. The molecule has 76 valence electrons. The van der Waals surface area contributed by atoms with Gasteiger partial charge in [-0.3, -0.25) is 4.98 Å². The number of halogens is 2. The Morgan fingerprint density at radius 1 is 1.14 bits per heavy atom. The summed E-state index contributed by atoms with van der Waals surface area (Å²) in [6.45, 7) is 2.75. The molecule has 1 aliphatic heterocycles. The van der Waals surface area contributed by atoms with Crippen molar-refractivity contribution in [2.75, 3.05) is 31.1 Å². The first-order valence-corrected chi connectivity index (χ1v) is 4.53. The van der Waals surface area contributed by atoms with Crippen molar-refractivity contribution in [3.63, 3.8) is 0 Å². The highest BCUT2D eigenvalue weighted by atomic mass is 19.1. The molecule has 1 aromatic rings. The summed E-state index contributed by atoms with van der Waals surface area (Å²) in [4.78, 5) is 5.14. The molecule has 3 nitrogen and oxygen atoms in total. The van der Waals surface area contributed by atoms with Gasteiger partial charge in [-0.05, 0) is 0 Å². The van der Waals surface area contributed by atoms with E-state index in [1.807, 2.05) is 0 Å². The molecule has 14 heavy (non-hydrogen) atoms. The Morgan fingerprint density at radius 3 is 2.29 bits per heavy atom. The predicted molar refractivity (Wildman–Crippen MR) is 49.2 cm³/mol. The molecule has 2 heterocycles. The molecular weight excluding hydrogens is 188 g/mol. The van der Waals surface area contributed by atoms with Crippen LogP contribution in [0.15, 0.2) is 12.4 Å². The Hall–Kier alpha value is -1.23. The number of anilines is 1. The molecule has 2 rings (SSSR count). The fraction of sp³-hybridized carbons (Fsp3) is 0.444. The number of aromatic nitrogens is 1. The van der Waals surface area contributed by atoms with Gasteiger partial charge >= 0.3 is 0 Å². The number of nitrogens with zero attached hydrogens (tertiary/aromatic N) is 2. The minimum Gasteiger partial charge on any atom is -0.364 e. The van der Waals surface area contributed by atoms with Gasteiger partial charge in [-0.1, -0.05) is 0 Å². The van der Waals surface area contributed by atoms with Crippen LogP contribution in [0.4, 0.5) is 14.5 Å². The maximum absolute atomic E-state index is 13.3. The molecule has 0 unspecified atom stereocenters. The lowest BCUT2D eigenvalue weighted by molar-refractivity contribution is 0.532. The highest BCUT2D eigenvalue weighted by molar-refractivity contribution is 5.48. The molecule has 0 amide bonds. The van der Waals surface area contributed by atoms with Crippen LogP contribution in [0.5, 0.6) is 0 Å². The van der Waals surface area contributed by atoms with Gasteiger partial charge in [0.2, 0.25) is 0 Å². The van der Waals surface area contributed by atoms with Gasteiger partial charge in [-0.15, -0.1) is 0 Å². The topological polar surface area (TPSA) is 28.2 Å². The average molecular weight is 199 g/mol. The summed E-state index contributed by atoms with van der Waals surface area (Å²) in [7, 11) is 0. The summed E-state index contributed by atoms with van der Waals surface area (Å²) in [5.41, 5.74) is 0.0431. The molecule has 0 bridgehead atoms. The maximum Gasteiger partial charge on any atom is 0.167 e. The molecule has 0 aliphatic carbocycles. The van der Waals surface area contributed by atoms with Crippen molar-refractivity contribution in [1.82, 2.24) is 10.3 Å². The maximum atomic E-state index is 13.3. The van der Waals surface area contributed by atoms with Crippen LogP contribution in [0, 0.1) is 11.6 Å². The van der Waals surface area contributed by atoms with Crippen molar-refractivity contribution in [3.05, 3.63) is 24.0 Å². The van der Waals surface area contributed by atoms with Crippen LogP contribution in [-0.4, -0.2) is 31.2 Å². The third kappa shape index (κ3) is 1.68. The van der Waals surface area contributed by atoms with Crippen LogP contribution in [0.3, 0.4) is 0 Å². The number of hydrogen-bond acceptors (Lipinski definition) is 3. The average Bonchev–Trinajstić information content (AvgIpc) is 2.19. The molecule has 0 atom stereocenters. The van der Waals surface area contributed by atoms with Crippen molar-refractivity contribution in [1.29, 1.82) is 0 Å². The van der Waals surface area contributed by atoms with Crippen LogP contribution in [-0.2, 0) is 0 Å². The Morgan fingerprint density at radius 2 is 1.71 bits per heavy atom. The van der Waals surface area contributed by atoms with E-state index in [4.69, 9.17) is 0 Å². The van der Waals surface area contributed by atoms with E-state index in [1.165, 1.54) is 0 Å². The molecule has 5 heteroatoms. The molecular formula is C9H11F2N3. The van der Waals surface area contributed by atoms with E-state index in [9.17, 15) is 8.78 Å². The first kappa shape index (κ1) is 9.33. The van der Waals surface area contributed by atoms with E-state index >= 15 is 0 Å². The monoisotopic (exact) mass is 199 g/mol. The van der Waals surface area contributed by atoms with E-state index in [2.05, 4.69) is 10.3 Å². The third-order valence-electron chi connectivity index (χ3n) is 2.26. The van der Waals surface area contributed by atoms with E-state index in [1.54, 1.807) is 4.90 Å². The van der Waals surface area contributed by atoms with Crippen molar-refractivity contribution < 1.29 is 8.78 Å². The van der Waals surface area contributed by atoms with E-state index in [0.717, 1.165) is 25.5 Å². The normalized spacial score (nSPS) is 17.1. The van der Waals surface area contributed by atoms with E-state index < -0.39 is 11.6 Å². The second kappa shape index (κ2) is 3.88. The Balaban J connectivity index is 2.29. The SMILES string of the molecule is Fc1cncc(F)c1N1CCNCC1. The fourth-order valence-corrected chi connectivity index (χ4v) is 1.60. The standard InChI is InChI=1S/C9H11F2N3/c10-7-5-13-6-8(11)9(7)14-3-1-12-2-4-14/h5-6,12H,1-4H2. The van der Waals surface area contributed by atoms with Crippen LogP contribution in [0.2, 0.25) is 0 Å². The summed E-state index contributed by atoms with van der Waals surface area (Å²) < 4.78 is 26.5. The van der Waals surface area contributed by atoms with Gasteiger partial charge in [0.15, 0.2) is 11.6 Å². The second-order valence-corrected chi connectivity index (χ2v) is 3.19. The number of pyridine rings is 1. The van der Waals surface area contributed by atoms with Crippen molar-refractivity contribution in [2.24, 2.45) is 0 Å². The first-order chi connectivity index (χ1) is 6.79. The van der Waals surface area contributed by atoms with Crippen LogP contribution in [0.1, 0.15) is 0 Å². The molecule has 1 aromatic heterocycles. The predicted octanol–water partition coefficient (Wildman–Crippen LogP) is 0.769. The highest BCUT2D eigenvalue weighted by Gasteiger charge is 2.18. The largest absolute Gasteiger partial charge is 0.364 e. The molecule has 1 aliphatic rings. The number of rotatable bonds is 1. The van der Waals surface area contributed by atoms with Gasteiger partial charge in [0.05, 0.1) is 12.4 Å². The zero-order chi connectivity index (χ0) is 9.97. The van der Waals surface area contributed by atoms with Crippen molar-refractivity contribution >= 4 is 5.69 Å². The molecule has 1 saturated heterocycles. The summed E-state index contributed by atoms with van der Waals surface area (Å²) in [5.74, 6) is -1.18. The van der Waals surface area contributed by atoms with Crippen molar-refractivity contribution in [2.45, 2.75) is 0 Å². The third-order valence-corrected chi connectivity index (χ3v) is 2.26. The number of piperazine rings is 1. The highest BCUT2D eigenvalue weighted by Crippen LogP contribution is 2.21. The quantitative estimate of drug-likeness (QED) is 0.724. The van der Waals surface area contributed by atoms with Gasteiger partial charge in [0.1, 0.15) is 5.69 Å². The first-order valence-electron chi connectivity index (χ1n) is 4.53. The Bertz CT molecular complexity index is 304. The van der Waals surface area contributed by atoms with Gasteiger partial charge in [0, 0.05) is 26.2 Å². The zero-order valence-corrected chi connectivity index (χ0v) is 7.63. The molecule has 0 aromatic carbocycles. The summed E-state index contributed by atoms with van der Waals surface area (Å²) in [6.07, 6.45) is 2.08. The number of nitrogens with one attached hydrogen (secondary N) is 1. The Kier molecular flexibility index (Phi) is 2.58. The number of hydrogen-bond donors (Lipinski definition) is 1. The van der Waals surface area contributed by atoms with Crippen LogP contribution in [0.25, 0.3) is 0 Å². The lowest BCUT2D eigenvalue weighted by Crippen LogP contribution is -2.44. The van der Waals surface area contributed by atoms with Gasteiger partial charge in [0.25, 0.3) is 0 Å². The van der Waals surface area contributed by atoms with Crippen LogP contribution >= 0.6 is 0 Å². The summed E-state index contributed by atoms with van der Waals surface area (Å²) in [6, 6.07) is 0. The zero-order valence-electron chi connectivity index (χ0n) is 7.63. The van der Waals surface area contributed by atoms with E-state index in [0.29, 0.717) is 13.1 Å². The second-order valence-electron chi connectivity index (χ2n) is 3.19. The minimum absolute atomic E-state index is 0.0431. The fourth-order valence-electron chi connectivity index (χ4n) is 1.60. The molecule has 0 saturated carbocycles. The molecule has 0 spiro atoms. The smallest absolute Gasteiger partial charge is 0.167 e. The molecule has 1 fully saturated rings.